The number of pyridine rings is 1. The van der Waals surface area contributed by atoms with Gasteiger partial charge in [-0.2, -0.15) is 0 Å². The molecule has 0 bridgehead atoms. The molecule has 0 aliphatic heterocycles. The van der Waals surface area contributed by atoms with Crippen molar-refractivity contribution in [1.29, 1.82) is 0 Å². The number of aromatic nitrogens is 1. The lowest BCUT2D eigenvalue weighted by molar-refractivity contribution is -0.142. The summed E-state index contributed by atoms with van der Waals surface area (Å²) in [7, 11) is 0. The maximum absolute atomic E-state index is 11.2. The third-order valence-corrected chi connectivity index (χ3v) is 2.88. The molecule has 0 unspecified atom stereocenters. The van der Waals surface area contributed by atoms with Crippen molar-refractivity contribution in [1.82, 2.24) is 4.98 Å². The normalized spacial score (nSPS) is 11.6. The second kappa shape index (κ2) is 3.59. The molecule has 82 valence electrons. The Morgan fingerprint density at radius 3 is 2.62 bits per heavy atom. The molecule has 0 fully saturated rings. The maximum atomic E-state index is 11.2. The van der Waals surface area contributed by atoms with Crippen LogP contribution >= 0.6 is 0 Å². The van der Waals surface area contributed by atoms with Crippen molar-refractivity contribution in [2.24, 2.45) is 0 Å². The molecule has 0 spiro atoms. The summed E-state index contributed by atoms with van der Waals surface area (Å²) < 4.78 is 0. The van der Waals surface area contributed by atoms with E-state index < -0.39 is 11.4 Å². The van der Waals surface area contributed by atoms with Gasteiger partial charge in [-0.25, -0.2) is 0 Å². The Morgan fingerprint density at radius 2 is 1.94 bits per heavy atom. The van der Waals surface area contributed by atoms with Crippen LogP contribution in [0.25, 0.3) is 10.8 Å². The van der Waals surface area contributed by atoms with E-state index in [0.717, 1.165) is 16.3 Å². The first-order valence-electron chi connectivity index (χ1n) is 5.10. The summed E-state index contributed by atoms with van der Waals surface area (Å²) in [6.07, 6.45) is 3.38. The highest BCUT2D eigenvalue weighted by molar-refractivity contribution is 5.91. The highest BCUT2D eigenvalue weighted by Gasteiger charge is 2.31. The fraction of sp³-hybridized carbons (Fsp3) is 0.231. The number of carbonyl (C=O) groups is 1. The van der Waals surface area contributed by atoms with Crippen LogP contribution in [0, 0.1) is 0 Å². The molecular weight excluding hydrogens is 202 g/mol. The molecule has 2 rings (SSSR count). The van der Waals surface area contributed by atoms with Gasteiger partial charge in [-0.15, -0.1) is 0 Å². The van der Waals surface area contributed by atoms with Crippen LogP contribution in [0.15, 0.2) is 36.7 Å². The molecule has 16 heavy (non-hydrogen) atoms. The minimum absolute atomic E-state index is 0.748. The van der Waals surface area contributed by atoms with Crippen molar-refractivity contribution < 1.29 is 9.90 Å². The van der Waals surface area contributed by atoms with Crippen LogP contribution in [0.3, 0.4) is 0 Å². The third kappa shape index (κ3) is 1.54. The smallest absolute Gasteiger partial charge is 0.313 e. The minimum Gasteiger partial charge on any atom is -0.481 e. The Kier molecular flexibility index (Phi) is 2.38. The zero-order valence-corrected chi connectivity index (χ0v) is 9.27. The van der Waals surface area contributed by atoms with Gasteiger partial charge in [-0.1, -0.05) is 24.3 Å². The van der Waals surface area contributed by atoms with Crippen molar-refractivity contribution in [2.75, 3.05) is 0 Å². The van der Waals surface area contributed by atoms with E-state index in [1.807, 2.05) is 24.3 Å². The van der Waals surface area contributed by atoms with Crippen LogP contribution in [-0.4, -0.2) is 16.1 Å². The van der Waals surface area contributed by atoms with E-state index >= 15 is 0 Å². The number of fused-ring (bicyclic) bond motifs is 1. The van der Waals surface area contributed by atoms with Crippen LogP contribution < -0.4 is 0 Å². The molecule has 0 saturated carbocycles. The van der Waals surface area contributed by atoms with Crippen molar-refractivity contribution in [3.63, 3.8) is 0 Å². The molecule has 0 aliphatic rings. The van der Waals surface area contributed by atoms with Gasteiger partial charge in [-0.3, -0.25) is 9.78 Å². The molecule has 0 aliphatic carbocycles. The summed E-state index contributed by atoms with van der Waals surface area (Å²) in [5.41, 5.74) is -0.175. The highest BCUT2D eigenvalue weighted by atomic mass is 16.4. The summed E-state index contributed by atoms with van der Waals surface area (Å²) in [5.74, 6) is -0.842. The lowest BCUT2D eigenvalue weighted by Crippen LogP contribution is -2.28. The maximum Gasteiger partial charge on any atom is 0.313 e. The molecule has 1 heterocycles. The highest BCUT2D eigenvalue weighted by Crippen LogP contribution is 2.29. The number of rotatable bonds is 2. The van der Waals surface area contributed by atoms with E-state index in [-0.39, 0.29) is 0 Å². The van der Waals surface area contributed by atoms with Gasteiger partial charge in [-0.05, 0) is 24.8 Å². The van der Waals surface area contributed by atoms with E-state index in [1.54, 1.807) is 26.2 Å². The van der Waals surface area contributed by atoms with E-state index in [9.17, 15) is 9.90 Å². The number of hydrogen-bond acceptors (Lipinski definition) is 2. The fourth-order valence-electron chi connectivity index (χ4n) is 1.73. The number of hydrogen-bond donors (Lipinski definition) is 1. The fourth-order valence-corrected chi connectivity index (χ4v) is 1.73. The van der Waals surface area contributed by atoms with E-state index in [4.69, 9.17) is 0 Å². The number of carboxylic acids is 1. The van der Waals surface area contributed by atoms with Crippen molar-refractivity contribution >= 4 is 16.7 Å². The third-order valence-electron chi connectivity index (χ3n) is 2.88. The van der Waals surface area contributed by atoms with Crippen LogP contribution in [0.5, 0.6) is 0 Å². The molecule has 0 radical (unpaired) electrons. The Morgan fingerprint density at radius 1 is 1.25 bits per heavy atom. The van der Waals surface area contributed by atoms with Crippen LogP contribution in [0.2, 0.25) is 0 Å². The van der Waals surface area contributed by atoms with Crippen LogP contribution in [-0.2, 0) is 10.2 Å². The summed E-state index contributed by atoms with van der Waals surface area (Å²) >= 11 is 0. The second-order valence-corrected chi connectivity index (χ2v) is 4.34. The lowest BCUT2D eigenvalue weighted by Gasteiger charge is -2.21. The standard InChI is InChI=1S/C13H13NO2/c1-13(2,12(15)16)11-8-14-7-9-5-3-4-6-10(9)11/h3-8H,1-2H3,(H,15,16). The van der Waals surface area contributed by atoms with Gasteiger partial charge in [0.2, 0.25) is 0 Å². The van der Waals surface area contributed by atoms with E-state index in [2.05, 4.69) is 4.98 Å². The first-order valence-corrected chi connectivity index (χ1v) is 5.10. The number of benzene rings is 1. The summed E-state index contributed by atoms with van der Waals surface area (Å²) in [4.78, 5) is 15.3. The molecule has 2 aromatic rings. The zero-order chi connectivity index (χ0) is 11.8. The predicted octanol–water partition coefficient (Wildman–Crippen LogP) is 2.60. The monoisotopic (exact) mass is 215 g/mol. The first-order chi connectivity index (χ1) is 7.53. The van der Waals surface area contributed by atoms with Gasteiger partial charge in [0.1, 0.15) is 0 Å². The lowest BCUT2D eigenvalue weighted by atomic mass is 9.83. The first kappa shape index (κ1) is 10.6. The zero-order valence-electron chi connectivity index (χ0n) is 9.27. The quantitative estimate of drug-likeness (QED) is 0.837. The molecule has 0 atom stereocenters. The second-order valence-electron chi connectivity index (χ2n) is 4.34. The number of aliphatic carboxylic acids is 1. The van der Waals surface area contributed by atoms with Crippen LogP contribution in [0.4, 0.5) is 0 Å². The Labute approximate surface area is 93.7 Å². The number of carboxylic acid groups (broad SMARTS) is 1. The van der Waals surface area contributed by atoms with E-state index in [1.165, 1.54) is 0 Å². The van der Waals surface area contributed by atoms with Gasteiger partial charge in [0, 0.05) is 17.8 Å². The van der Waals surface area contributed by atoms with Crippen LogP contribution in [0.1, 0.15) is 19.4 Å². The molecule has 0 saturated heterocycles. The molecule has 1 aromatic heterocycles. The molecule has 0 amide bonds. The topological polar surface area (TPSA) is 50.2 Å². The molecule has 1 N–H and O–H groups in total. The molecule has 3 nitrogen and oxygen atoms in total. The van der Waals surface area contributed by atoms with Gasteiger partial charge >= 0.3 is 5.97 Å². The van der Waals surface area contributed by atoms with Gasteiger partial charge in [0.05, 0.1) is 5.41 Å². The Bertz CT molecular complexity index is 541. The number of nitrogens with zero attached hydrogens (tertiary/aromatic N) is 1. The van der Waals surface area contributed by atoms with Crippen molar-refractivity contribution in [2.45, 2.75) is 19.3 Å². The summed E-state index contributed by atoms with van der Waals surface area (Å²) in [6, 6.07) is 7.69. The van der Waals surface area contributed by atoms with Gasteiger partial charge in [0.25, 0.3) is 0 Å². The minimum atomic E-state index is -0.923. The van der Waals surface area contributed by atoms with Crippen molar-refractivity contribution in [3.05, 3.63) is 42.2 Å². The van der Waals surface area contributed by atoms with E-state index in [0.29, 0.717) is 0 Å². The van der Waals surface area contributed by atoms with Gasteiger partial charge in [0.15, 0.2) is 0 Å². The average molecular weight is 215 g/mol. The van der Waals surface area contributed by atoms with Gasteiger partial charge < -0.3 is 5.11 Å². The summed E-state index contributed by atoms with van der Waals surface area (Å²) in [6.45, 7) is 3.39. The molecular formula is C13H13NO2. The predicted molar refractivity (Wildman–Crippen MR) is 62.4 cm³/mol. The molecule has 1 aromatic carbocycles. The van der Waals surface area contributed by atoms with Crippen molar-refractivity contribution in [3.8, 4) is 0 Å². The average Bonchev–Trinajstić information content (AvgIpc) is 2.28. The summed E-state index contributed by atoms with van der Waals surface area (Å²) in [5, 5.41) is 11.1. The SMILES string of the molecule is CC(C)(C(=O)O)c1cncc2ccccc12. The largest absolute Gasteiger partial charge is 0.481 e. The molecule has 3 heteroatoms. The Hall–Kier alpha value is -1.90. The Balaban J connectivity index is 2.74.